The minimum absolute atomic E-state index is 0.00111. The van der Waals surface area contributed by atoms with Gasteiger partial charge in [-0.15, -0.1) is 0 Å². The molecule has 0 fully saturated rings. The van der Waals surface area contributed by atoms with Gasteiger partial charge in [-0.05, 0) is 40.8 Å². The van der Waals surface area contributed by atoms with E-state index < -0.39 is 24.0 Å². The normalized spacial score (nSPS) is 12.9. The van der Waals surface area contributed by atoms with Gasteiger partial charge >= 0.3 is 12.1 Å². The summed E-state index contributed by atoms with van der Waals surface area (Å²) in [6, 6.07) is 19.6. The Balaban J connectivity index is 1.40. The number of carboxylic acids is 1. The summed E-state index contributed by atoms with van der Waals surface area (Å²) in [6.45, 7) is 1.98. The fourth-order valence-corrected chi connectivity index (χ4v) is 4.15. The number of ether oxygens (including phenoxy) is 1. The van der Waals surface area contributed by atoms with E-state index in [1.807, 2.05) is 43.3 Å². The number of hydrogen-bond acceptors (Lipinski definition) is 5. The Labute approximate surface area is 197 Å². The van der Waals surface area contributed by atoms with Gasteiger partial charge in [-0.2, -0.15) is 0 Å². The quantitative estimate of drug-likeness (QED) is 0.459. The molecule has 3 aromatic rings. The van der Waals surface area contributed by atoms with E-state index in [0.717, 1.165) is 22.3 Å². The lowest BCUT2D eigenvalue weighted by Gasteiger charge is -2.15. The van der Waals surface area contributed by atoms with Gasteiger partial charge in [-0.1, -0.05) is 67.9 Å². The number of carboxylic acid groups (broad SMARTS) is 1. The number of carbonyl (C=O) groups excluding carboxylic acids is 2. The summed E-state index contributed by atoms with van der Waals surface area (Å²) in [5, 5.41) is 14.2. The van der Waals surface area contributed by atoms with Crippen molar-refractivity contribution in [1.82, 2.24) is 10.3 Å². The number of anilines is 1. The summed E-state index contributed by atoms with van der Waals surface area (Å²) >= 11 is 0. The first-order chi connectivity index (χ1) is 16.5. The van der Waals surface area contributed by atoms with Crippen LogP contribution in [0.5, 0.6) is 0 Å². The molecule has 0 radical (unpaired) electrons. The molecule has 174 valence electrons. The number of rotatable bonds is 8. The molecular formula is C26H25N3O5. The zero-order valence-corrected chi connectivity index (χ0v) is 18.7. The molecule has 1 aliphatic carbocycles. The van der Waals surface area contributed by atoms with Crippen molar-refractivity contribution >= 4 is 23.8 Å². The number of aliphatic carboxylic acids is 1. The molecule has 4 rings (SSSR count). The molecule has 34 heavy (non-hydrogen) atoms. The average Bonchev–Trinajstić information content (AvgIpc) is 3.16. The second-order valence-electron chi connectivity index (χ2n) is 8.01. The van der Waals surface area contributed by atoms with Gasteiger partial charge in [-0.25, -0.2) is 14.6 Å². The van der Waals surface area contributed by atoms with Crippen LogP contribution in [0.25, 0.3) is 11.1 Å². The molecule has 1 heterocycles. The summed E-state index contributed by atoms with van der Waals surface area (Å²) < 4.78 is 5.50. The number of aromatic nitrogens is 1. The van der Waals surface area contributed by atoms with Crippen molar-refractivity contribution in [3.63, 3.8) is 0 Å². The van der Waals surface area contributed by atoms with Crippen molar-refractivity contribution in [3.8, 4) is 11.1 Å². The van der Waals surface area contributed by atoms with Crippen LogP contribution in [0, 0.1) is 0 Å². The average molecular weight is 460 g/mol. The van der Waals surface area contributed by atoms with E-state index in [9.17, 15) is 19.5 Å². The van der Waals surface area contributed by atoms with Gasteiger partial charge in [0.2, 0.25) is 0 Å². The van der Waals surface area contributed by atoms with E-state index in [1.54, 1.807) is 6.07 Å². The summed E-state index contributed by atoms with van der Waals surface area (Å²) in [7, 11) is 0. The van der Waals surface area contributed by atoms with E-state index in [0.29, 0.717) is 12.8 Å². The van der Waals surface area contributed by atoms with Gasteiger partial charge < -0.3 is 15.2 Å². The highest BCUT2D eigenvalue weighted by Crippen LogP contribution is 2.44. The molecule has 0 aliphatic heterocycles. The molecule has 2 amide bonds. The van der Waals surface area contributed by atoms with E-state index in [1.165, 1.54) is 12.1 Å². The predicted octanol–water partition coefficient (Wildman–Crippen LogP) is 4.43. The third-order valence-corrected chi connectivity index (χ3v) is 5.74. The smallest absolute Gasteiger partial charge is 0.412 e. The highest BCUT2D eigenvalue weighted by atomic mass is 16.5. The maximum absolute atomic E-state index is 12.5. The van der Waals surface area contributed by atoms with Gasteiger partial charge in [-0.3, -0.25) is 10.1 Å². The van der Waals surface area contributed by atoms with Gasteiger partial charge in [0, 0.05) is 5.92 Å². The van der Waals surface area contributed by atoms with Gasteiger partial charge in [0.1, 0.15) is 24.2 Å². The fourth-order valence-electron chi connectivity index (χ4n) is 4.15. The van der Waals surface area contributed by atoms with E-state index in [-0.39, 0.29) is 24.0 Å². The molecule has 8 heteroatoms. The van der Waals surface area contributed by atoms with Crippen molar-refractivity contribution in [2.75, 3.05) is 11.9 Å². The Morgan fingerprint density at radius 3 is 2.24 bits per heavy atom. The van der Waals surface area contributed by atoms with Crippen LogP contribution >= 0.6 is 0 Å². The van der Waals surface area contributed by atoms with Crippen molar-refractivity contribution in [1.29, 1.82) is 0 Å². The summed E-state index contributed by atoms with van der Waals surface area (Å²) in [5.41, 5.74) is 4.48. The number of benzene rings is 2. The Kier molecular flexibility index (Phi) is 6.87. The van der Waals surface area contributed by atoms with Crippen LogP contribution < -0.4 is 10.6 Å². The summed E-state index contributed by atoms with van der Waals surface area (Å²) in [5.74, 6) is -1.68. The highest BCUT2D eigenvalue weighted by Gasteiger charge is 2.29. The number of nitrogens with one attached hydrogen (secondary N) is 2. The third-order valence-electron chi connectivity index (χ3n) is 5.74. The second-order valence-corrected chi connectivity index (χ2v) is 8.01. The van der Waals surface area contributed by atoms with Gasteiger partial charge in [0.15, 0.2) is 0 Å². The maximum atomic E-state index is 12.5. The third kappa shape index (κ3) is 4.91. The number of nitrogens with zero attached hydrogens (tertiary/aromatic N) is 1. The molecule has 8 nitrogen and oxygen atoms in total. The standard InChI is InChI=1S/C26H25N3O5/c1-2-8-22(25(31)32)28-24(30)21-13-7-14-23(27-21)29-26(33)34-15-20-18-11-5-3-9-16(18)17-10-4-6-12-19(17)20/h3-7,9-14,20,22H,2,8,15H2,1H3,(H,28,30)(H,31,32)(H,27,29,33). The van der Waals surface area contributed by atoms with Crippen molar-refractivity contribution < 1.29 is 24.2 Å². The minimum atomic E-state index is -1.11. The Morgan fingerprint density at radius 2 is 1.62 bits per heavy atom. The molecule has 1 atom stereocenters. The highest BCUT2D eigenvalue weighted by molar-refractivity contribution is 5.95. The van der Waals surface area contributed by atoms with Crippen molar-refractivity contribution in [3.05, 3.63) is 83.6 Å². The largest absolute Gasteiger partial charge is 0.480 e. The monoisotopic (exact) mass is 459 g/mol. The van der Waals surface area contributed by atoms with Crippen LogP contribution in [-0.2, 0) is 9.53 Å². The van der Waals surface area contributed by atoms with E-state index in [2.05, 4.69) is 27.8 Å². The summed E-state index contributed by atoms with van der Waals surface area (Å²) in [6.07, 6.45) is 0.216. The number of amides is 2. The molecule has 0 bridgehead atoms. The van der Waals surface area contributed by atoms with E-state index >= 15 is 0 Å². The van der Waals surface area contributed by atoms with Crippen LogP contribution in [0.4, 0.5) is 10.6 Å². The fraction of sp³-hybridized carbons (Fsp3) is 0.231. The molecule has 1 unspecified atom stereocenters. The lowest BCUT2D eigenvalue weighted by atomic mass is 9.98. The van der Waals surface area contributed by atoms with Crippen molar-refractivity contribution in [2.24, 2.45) is 0 Å². The number of carbonyl (C=O) groups is 3. The van der Waals surface area contributed by atoms with Crippen LogP contribution in [0.15, 0.2) is 66.7 Å². The lowest BCUT2D eigenvalue weighted by molar-refractivity contribution is -0.139. The van der Waals surface area contributed by atoms with Crippen LogP contribution in [-0.4, -0.2) is 40.7 Å². The first kappa shape index (κ1) is 23.0. The topological polar surface area (TPSA) is 118 Å². The number of fused-ring (bicyclic) bond motifs is 3. The Morgan fingerprint density at radius 1 is 0.971 bits per heavy atom. The molecule has 3 N–H and O–H groups in total. The molecule has 0 spiro atoms. The second kappa shape index (κ2) is 10.2. The first-order valence-corrected chi connectivity index (χ1v) is 11.1. The van der Waals surface area contributed by atoms with Crippen LogP contribution in [0.2, 0.25) is 0 Å². The molecule has 2 aromatic carbocycles. The molecule has 0 saturated carbocycles. The predicted molar refractivity (Wildman–Crippen MR) is 127 cm³/mol. The Hall–Kier alpha value is -4.20. The molecule has 1 aliphatic rings. The number of pyridine rings is 1. The van der Waals surface area contributed by atoms with E-state index in [4.69, 9.17) is 4.74 Å². The van der Waals surface area contributed by atoms with Gasteiger partial charge in [0.05, 0.1) is 0 Å². The zero-order valence-electron chi connectivity index (χ0n) is 18.7. The van der Waals surface area contributed by atoms with Crippen LogP contribution in [0.1, 0.15) is 47.3 Å². The summed E-state index contributed by atoms with van der Waals surface area (Å²) in [4.78, 5) is 40.3. The molecular weight excluding hydrogens is 434 g/mol. The molecule has 0 saturated heterocycles. The zero-order chi connectivity index (χ0) is 24.1. The number of hydrogen-bond donors (Lipinski definition) is 3. The molecule has 1 aromatic heterocycles. The SMILES string of the molecule is CCCC(NC(=O)c1cccc(NC(=O)OCC2c3ccccc3-c3ccccc32)n1)C(=O)O. The first-order valence-electron chi connectivity index (χ1n) is 11.1. The van der Waals surface area contributed by atoms with Gasteiger partial charge in [0.25, 0.3) is 5.91 Å². The van der Waals surface area contributed by atoms with Crippen LogP contribution in [0.3, 0.4) is 0 Å². The Bertz CT molecular complexity index is 1180. The minimum Gasteiger partial charge on any atom is -0.480 e. The lowest BCUT2D eigenvalue weighted by Crippen LogP contribution is -2.41. The maximum Gasteiger partial charge on any atom is 0.412 e. The van der Waals surface area contributed by atoms with Crippen molar-refractivity contribution in [2.45, 2.75) is 31.7 Å².